The van der Waals surface area contributed by atoms with E-state index in [0.717, 1.165) is 68.8 Å². The lowest BCUT2D eigenvalue weighted by Gasteiger charge is -2.25. The molecule has 6 heteroatoms. The second-order valence-electron chi connectivity index (χ2n) is 7.28. The molecule has 1 unspecified atom stereocenters. The predicted octanol–water partition coefficient (Wildman–Crippen LogP) is 1.67. The van der Waals surface area contributed by atoms with Gasteiger partial charge < -0.3 is 20.5 Å². The Morgan fingerprint density at radius 3 is 2.48 bits per heavy atom. The Balaban J connectivity index is 1.55. The van der Waals surface area contributed by atoms with Crippen LogP contribution in [0.1, 0.15) is 37.7 Å². The summed E-state index contributed by atoms with van der Waals surface area (Å²) in [6.07, 6.45) is 4.68. The molecule has 0 radical (unpaired) electrons. The third-order valence-corrected chi connectivity index (χ3v) is 5.37. The molecule has 2 fully saturated rings. The Labute approximate surface area is 149 Å². The van der Waals surface area contributed by atoms with Crippen LogP contribution in [0, 0.1) is 0 Å². The molecule has 0 aromatic heterocycles. The average Bonchev–Trinajstić information content (AvgIpc) is 3.24. The van der Waals surface area contributed by atoms with E-state index < -0.39 is 5.54 Å². The van der Waals surface area contributed by atoms with Gasteiger partial charge in [-0.05, 0) is 37.0 Å². The predicted molar refractivity (Wildman–Crippen MR) is 96.8 cm³/mol. The van der Waals surface area contributed by atoms with E-state index in [4.69, 9.17) is 15.2 Å². The third-order valence-electron chi connectivity index (χ3n) is 5.37. The number of hydrogen-bond donors (Lipinski definition) is 2. The van der Waals surface area contributed by atoms with Gasteiger partial charge in [-0.1, -0.05) is 12.8 Å². The fourth-order valence-corrected chi connectivity index (χ4v) is 3.87. The number of likely N-dealkylation sites (tertiary alicyclic amines) is 1. The monoisotopic (exact) mass is 347 g/mol. The highest BCUT2D eigenvalue weighted by Gasteiger charge is 2.38. The van der Waals surface area contributed by atoms with E-state index in [1.165, 1.54) is 0 Å². The first-order chi connectivity index (χ1) is 12.0. The van der Waals surface area contributed by atoms with E-state index in [1.54, 1.807) is 14.2 Å². The van der Waals surface area contributed by atoms with E-state index in [0.29, 0.717) is 0 Å². The van der Waals surface area contributed by atoms with Gasteiger partial charge in [0.2, 0.25) is 5.91 Å². The number of carbonyl (C=O) groups excluding carboxylic acids is 1. The molecular weight excluding hydrogens is 318 g/mol. The minimum Gasteiger partial charge on any atom is -0.497 e. The largest absolute Gasteiger partial charge is 0.497 e. The zero-order chi connectivity index (χ0) is 17.9. The summed E-state index contributed by atoms with van der Waals surface area (Å²) in [5, 5.41) is 3.17. The number of benzene rings is 1. The van der Waals surface area contributed by atoms with Crippen LogP contribution in [-0.2, 0) is 11.3 Å². The number of hydrogen-bond acceptors (Lipinski definition) is 5. The lowest BCUT2D eigenvalue weighted by molar-refractivity contribution is -0.126. The molecule has 1 saturated heterocycles. The highest BCUT2D eigenvalue weighted by Crippen LogP contribution is 2.28. The van der Waals surface area contributed by atoms with E-state index >= 15 is 0 Å². The molecule has 0 spiro atoms. The van der Waals surface area contributed by atoms with Crippen molar-refractivity contribution in [2.75, 3.05) is 27.3 Å². The van der Waals surface area contributed by atoms with Crippen LogP contribution in [0.5, 0.6) is 11.5 Å². The fourth-order valence-electron chi connectivity index (χ4n) is 3.87. The Morgan fingerprint density at radius 1 is 1.24 bits per heavy atom. The molecule has 3 N–H and O–H groups in total. The summed E-state index contributed by atoms with van der Waals surface area (Å²) in [5.41, 5.74) is 6.75. The Morgan fingerprint density at radius 2 is 1.88 bits per heavy atom. The molecule has 1 aromatic carbocycles. The van der Waals surface area contributed by atoms with Gasteiger partial charge in [-0.15, -0.1) is 0 Å². The van der Waals surface area contributed by atoms with Gasteiger partial charge >= 0.3 is 0 Å². The van der Waals surface area contributed by atoms with Crippen molar-refractivity contribution in [2.45, 2.75) is 50.2 Å². The van der Waals surface area contributed by atoms with Crippen molar-refractivity contribution in [3.63, 3.8) is 0 Å². The average molecular weight is 347 g/mol. The molecule has 25 heavy (non-hydrogen) atoms. The molecule has 1 atom stereocenters. The van der Waals surface area contributed by atoms with Crippen LogP contribution >= 0.6 is 0 Å². The maximum absolute atomic E-state index is 12.5. The van der Waals surface area contributed by atoms with Crippen LogP contribution in [0.3, 0.4) is 0 Å². The minimum absolute atomic E-state index is 0.0277. The summed E-state index contributed by atoms with van der Waals surface area (Å²) in [5.74, 6) is 1.62. The first-order valence-electron chi connectivity index (χ1n) is 9.06. The number of rotatable bonds is 6. The molecule has 1 heterocycles. The molecule has 2 aliphatic rings. The van der Waals surface area contributed by atoms with Crippen LogP contribution in [-0.4, -0.2) is 49.7 Å². The minimum atomic E-state index is -0.645. The molecule has 1 saturated carbocycles. The Kier molecular flexibility index (Phi) is 5.49. The van der Waals surface area contributed by atoms with Gasteiger partial charge in [0.25, 0.3) is 0 Å². The van der Waals surface area contributed by atoms with Crippen molar-refractivity contribution in [3.05, 3.63) is 23.8 Å². The van der Waals surface area contributed by atoms with Gasteiger partial charge in [0, 0.05) is 31.7 Å². The maximum Gasteiger partial charge on any atom is 0.240 e. The Hall–Kier alpha value is -1.79. The zero-order valence-electron chi connectivity index (χ0n) is 15.2. The fraction of sp³-hybridized carbons (Fsp3) is 0.632. The molecule has 1 aliphatic heterocycles. The molecule has 0 bridgehead atoms. The van der Waals surface area contributed by atoms with E-state index in [2.05, 4.69) is 10.2 Å². The molecule has 138 valence electrons. The second kappa shape index (κ2) is 7.62. The summed E-state index contributed by atoms with van der Waals surface area (Å²) >= 11 is 0. The lowest BCUT2D eigenvalue weighted by atomic mass is 9.97. The van der Waals surface area contributed by atoms with Gasteiger partial charge in [0.05, 0.1) is 19.8 Å². The first-order valence-corrected chi connectivity index (χ1v) is 9.06. The van der Waals surface area contributed by atoms with Crippen molar-refractivity contribution >= 4 is 5.91 Å². The number of ether oxygens (including phenoxy) is 2. The molecule has 1 aromatic rings. The van der Waals surface area contributed by atoms with Gasteiger partial charge in [-0.2, -0.15) is 0 Å². The number of nitrogens with one attached hydrogen (secondary N) is 1. The smallest absolute Gasteiger partial charge is 0.240 e. The molecule has 1 aliphatic carbocycles. The standard InChI is InChI=1S/C19H29N3O3/c1-24-16-9-14(10-17(11-16)25-2)12-22-8-5-15(13-22)21-18(23)19(20)6-3-4-7-19/h9-11,15H,3-8,12-13,20H2,1-2H3,(H,21,23). The van der Waals surface area contributed by atoms with Crippen molar-refractivity contribution in [2.24, 2.45) is 5.73 Å². The highest BCUT2D eigenvalue weighted by molar-refractivity contribution is 5.86. The summed E-state index contributed by atoms with van der Waals surface area (Å²) in [4.78, 5) is 14.8. The highest BCUT2D eigenvalue weighted by atomic mass is 16.5. The van der Waals surface area contributed by atoms with Crippen molar-refractivity contribution in [1.29, 1.82) is 0 Å². The molecule has 3 rings (SSSR count). The number of nitrogens with zero attached hydrogens (tertiary/aromatic N) is 1. The van der Waals surface area contributed by atoms with Gasteiger partial charge in [-0.25, -0.2) is 0 Å². The summed E-state index contributed by atoms with van der Waals surface area (Å²) in [7, 11) is 3.32. The van der Waals surface area contributed by atoms with Crippen LogP contribution in [0.25, 0.3) is 0 Å². The zero-order valence-corrected chi connectivity index (χ0v) is 15.2. The molecule has 1 amide bonds. The summed E-state index contributed by atoms with van der Waals surface area (Å²) in [6, 6.07) is 6.11. The number of amides is 1. The van der Waals surface area contributed by atoms with Crippen molar-refractivity contribution in [3.8, 4) is 11.5 Å². The van der Waals surface area contributed by atoms with Crippen molar-refractivity contribution in [1.82, 2.24) is 10.2 Å². The van der Waals surface area contributed by atoms with E-state index in [-0.39, 0.29) is 11.9 Å². The summed E-state index contributed by atoms with van der Waals surface area (Å²) in [6.45, 7) is 2.62. The normalized spacial score (nSPS) is 22.8. The number of methoxy groups -OCH3 is 2. The quantitative estimate of drug-likeness (QED) is 0.818. The molecular formula is C19H29N3O3. The van der Waals surface area contributed by atoms with E-state index in [1.807, 2.05) is 18.2 Å². The van der Waals surface area contributed by atoms with Crippen LogP contribution in [0.2, 0.25) is 0 Å². The SMILES string of the molecule is COc1cc(CN2CCC(NC(=O)C3(N)CCCC3)C2)cc(OC)c1. The number of carbonyl (C=O) groups is 1. The van der Waals surface area contributed by atoms with Gasteiger partial charge in [-0.3, -0.25) is 9.69 Å². The maximum atomic E-state index is 12.5. The number of nitrogens with two attached hydrogens (primary N) is 1. The summed E-state index contributed by atoms with van der Waals surface area (Å²) < 4.78 is 10.7. The third kappa shape index (κ3) is 4.25. The van der Waals surface area contributed by atoms with Gasteiger partial charge in [0.1, 0.15) is 11.5 Å². The molecule has 6 nitrogen and oxygen atoms in total. The lowest BCUT2D eigenvalue weighted by Crippen LogP contribution is -2.54. The van der Waals surface area contributed by atoms with Crippen LogP contribution in [0.15, 0.2) is 18.2 Å². The van der Waals surface area contributed by atoms with Crippen LogP contribution < -0.4 is 20.5 Å². The first kappa shape index (κ1) is 18.0. The van der Waals surface area contributed by atoms with Gasteiger partial charge in [0.15, 0.2) is 0 Å². The topological polar surface area (TPSA) is 76.8 Å². The Bertz CT molecular complexity index is 592. The van der Waals surface area contributed by atoms with E-state index in [9.17, 15) is 4.79 Å². The van der Waals surface area contributed by atoms with Crippen LogP contribution in [0.4, 0.5) is 0 Å². The van der Waals surface area contributed by atoms with Crippen molar-refractivity contribution < 1.29 is 14.3 Å². The second-order valence-corrected chi connectivity index (χ2v) is 7.28.